The number of hydrogen-bond acceptors (Lipinski definition) is 6. The van der Waals surface area contributed by atoms with Crippen molar-refractivity contribution in [2.24, 2.45) is 11.1 Å². The molecular formula is C26H30N3O4+. The molecule has 2 heterocycles. The number of benzene rings is 1. The predicted molar refractivity (Wildman–Crippen MR) is 124 cm³/mol. The highest BCUT2D eigenvalue weighted by atomic mass is 16.5. The van der Waals surface area contributed by atoms with Crippen molar-refractivity contribution in [1.82, 2.24) is 0 Å². The van der Waals surface area contributed by atoms with E-state index in [9.17, 15) is 9.59 Å². The Morgan fingerprint density at radius 3 is 2.55 bits per heavy atom. The van der Waals surface area contributed by atoms with Gasteiger partial charge in [0, 0.05) is 35.0 Å². The Balaban J connectivity index is 1.99. The number of anilines is 1. The van der Waals surface area contributed by atoms with Crippen molar-refractivity contribution in [3.05, 3.63) is 77.0 Å². The molecule has 1 aliphatic carbocycles. The number of methoxy groups -OCH3 is 1. The van der Waals surface area contributed by atoms with E-state index in [1.165, 1.54) is 0 Å². The van der Waals surface area contributed by atoms with Gasteiger partial charge >= 0.3 is 5.97 Å². The topological polar surface area (TPSA) is 96.0 Å². The summed E-state index contributed by atoms with van der Waals surface area (Å²) in [5, 5.41) is 0. The van der Waals surface area contributed by atoms with E-state index in [0.717, 1.165) is 16.9 Å². The van der Waals surface area contributed by atoms with E-state index in [2.05, 4.69) is 18.8 Å². The fourth-order valence-electron chi connectivity index (χ4n) is 4.76. The number of pyridine rings is 1. The molecule has 0 fully saturated rings. The molecule has 0 saturated heterocycles. The number of aromatic nitrogens is 1. The van der Waals surface area contributed by atoms with Crippen LogP contribution in [0.4, 0.5) is 5.69 Å². The average Bonchev–Trinajstić information content (AvgIpc) is 2.78. The van der Waals surface area contributed by atoms with Gasteiger partial charge in [0.15, 0.2) is 18.2 Å². The van der Waals surface area contributed by atoms with Gasteiger partial charge in [-0.05, 0) is 49.1 Å². The summed E-state index contributed by atoms with van der Waals surface area (Å²) in [5.74, 6) is -0.128. The number of rotatable bonds is 5. The molecule has 172 valence electrons. The van der Waals surface area contributed by atoms with Crippen molar-refractivity contribution in [1.29, 1.82) is 0 Å². The molecule has 0 spiro atoms. The molecule has 0 amide bonds. The number of carbonyl (C=O) groups is 2. The van der Waals surface area contributed by atoms with Crippen LogP contribution in [0.1, 0.15) is 45.1 Å². The van der Waals surface area contributed by atoms with Crippen LogP contribution in [-0.2, 0) is 14.3 Å². The minimum Gasteiger partial charge on any atom is -0.497 e. The number of esters is 1. The molecule has 1 aromatic heterocycles. The van der Waals surface area contributed by atoms with Crippen LogP contribution in [0.5, 0.6) is 5.75 Å². The lowest BCUT2D eigenvalue weighted by Gasteiger charge is -2.44. The molecule has 1 aliphatic heterocycles. The maximum Gasteiger partial charge on any atom is 0.338 e. The zero-order valence-corrected chi connectivity index (χ0v) is 19.5. The second-order valence-corrected chi connectivity index (χ2v) is 9.12. The molecule has 1 atom stereocenters. The molecule has 1 aromatic carbocycles. The zero-order chi connectivity index (χ0) is 23.8. The number of ether oxygens (including phenoxy) is 2. The van der Waals surface area contributed by atoms with Crippen LogP contribution in [0.2, 0.25) is 0 Å². The molecule has 0 bridgehead atoms. The molecule has 7 nitrogen and oxygen atoms in total. The van der Waals surface area contributed by atoms with Gasteiger partial charge in [-0.25, -0.2) is 9.78 Å². The first-order valence-corrected chi connectivity index (χ1v) is 11.1. The number of allylic oxidation sites excluding steroid dienone is 2. The van der Waals surface area contributed by atoms with Gasteiger partial charge in [0.1, 0.15) is 11.6 Å². The van der Waals surface area contributed by atoms with Crippen molar-refractivity contribution < 1.29 is 24.0 Å². The lowest BCUT2D eigenvalue weighted by atomic mass is 9.68. The summed E-state index contributed by atoms with van der Waals surface area (Å²) in [6.07, 6.45) is 4.63. The number of Topliss-reactive ketones (excluding diaryl/α,β-unsaturated/α-hetero) is 1. The SMILES string of the molecule is CCOC(=O)C1=C(N)N(c2ccc(OC)cc2)C2=C(C(=O)CC(C)(C)C2)C1c1ccc[nH+]c1. The minimum atomic E-state index is -0.602. The number of nitrogens with two attached hydrogens (primary N) is 1. The summed E-state index contributed by atoms with van der Waals surface area (Å²) in [4.78, 5) is 31.7. The van der Waals surface area contributed by atoms with Crippen molar-refractivity contribution >= 4 is 17.4 Å². The van der Waals surface area contributed by atoms with Gasteiger partial charge < -0.3 is 15.2 Å². The first-order valence-electron chi connectivity index (χ1n) is 11.1. The largest absolute Gasteiger partial charge is 0.497 e. The Morgan fingerprint density at radius 2 is 1.94 bits per heavy atom. The Labute approximate surface area is 193 Å². The molecule has 1 unspecified atom stereocenters. The van der Waals surface area contributed by atoms with Crippen LogP contribution < -0.4 is 20.4 Å². The first kappa shape index (κ1) is 22.6. The van der Waals surface area contributed by atoms with Gasteiger partial charge in [0.25, 0.3) is 0 Å². The molecule has 0 radical (unpaired) electrons. The lowest BCUT2D eigenvalue weighted by molar-refractivity contribution is -0.378. The minimum absolute atomic E-state index is 0.0166. The third-order valence-corrected chi connectivity index (χ3v) is 6.15. The Morgan fingerprint density at radius 1 is 1.21 bits per heavy atom. The second kappa shape index (κ2) is 8.73. The van der Waals surface area contributed by atoms with Gasteiger partial charge in [-0.15, -0.1) is 0 Å². The van der Waals surface area contributed by atoms with E-state index in [1.54, 1.807) is 26.4 Å². The highest BCUT2D eigenvalue weighted by Crippen LogP contribution is 2.50. The van der Waals surface area contributed by atoms with Gasteiger partial charge in [-0.3, -0.25) is 9.69 Å². The third-order valence-electron chi connectivity index (χ3n) is 6.15. The molecule has 0 saturated carbocycles. The third kappa shape index (κ3) is 4.11. The monoisotopic (exact) mass is 448 g/mol. The molecule has 33 heavy (non-hydrogen) atoms. The molecule has 4 rings (SSSR count). The van der Waals surface area contributed by atoms with E-state index < -0.39 is 11.9 Å². The number of H-pyrrole nitrogens is 1. The second-order valence-electron chi connectivity index (χ2n) is 9.12. The number of aromatic amines is 1. The van der Waals surface area contributed by atoms with Crippen LogP contribution in [-0.4, -0.2) is 25.5 Å². The maximum absolute atomic E-state index is 13.6. The fourth-order valence-corrected chi connectivity index (χ4v) is 4.76. The Kier molecular flexibility index (Phi) is 5.97. The molecule has 2 aliphatic rings. The highest BCUT2D eigenvalue weighted by Gasteiger charge is 2.47. The smallest absolute Gasteiger partial charge is 0.338 e. The average molecular weight is 449 g/mol. The van der Waals surface area contributed by atoms with E-state index in [-0.39, 0.29) is 29.2 Å². The van der Waals surface area contributed by atoms with Crippen LogP contribution in [0.25, 0.3) is 0 Å². The molecule has 3 N–H and O–H groups in total. The van der Waals surface area contributed by atoms with Crippen molar-refractivity contribution in [3.8, 4) is 5.75 Å². The number of carbonyl (C=O) groups excluding carboxylic acids is 2. The van der Waals surface area contributed by atoms with Gasteiger partial charge in [-0.2, -0.15) is 0 Å². The van der Waals surface area contributed by atoms with E-state index in [4.69, 9.17) is 15.2 Å². The molecule has 2 aromatic rings. The van der Waals surface area contributed by atoms with Crippen molar-refractivity contribution in [2.45, 2.75) is 39.5 Å². The lowest BCUT2D eigenvalue weighted by Crippen LogP contribution is -2.44. The van der Waals surface area contributed by atoms with E-state index in [1.807, 2.05) is 41.3 Å². The fraction of sp³-hybridized carbons (Fsp3) is 0.346. The van der Waals surface area contributed by atoms with Crippen LogP contribution in [0, 0.1) is 5.41 Å². The van der Waals surface area contributed by atoms with Crippen LogP contribution in [0.3, 0.4) is 0 Å². The van der Waals surface area contributed by atoms with Gasteiger partial charge in [0.05, 0.1) is 25.2 Å². The van der Waals surface area contributed by atoms with Crippen molar-refractivity contribution in [2.75, 3.05) is 18.6 Å². The summed E-state index contributed by atoms with van der Waals surface area (Å²) in [6, 6.07) is 11.2. The van der Waals surface area contributed by atoms with Gasteiger partial charge in [0.2, 0.25) is 0 Å². The Hall–Kier alpha value is -3.61. The van der Waals surface area contributed by atoms with E-state index >= 15 is 0 Å². The summed E-state index contributed by atoms with van der Waals surface area (Å²) in [7, 11) is 1.60. The predicted octanol–water partition coefficient (Wildman–Crippen LogP) is 3.49. The number of nitrogens with one attached hydrogen (secondary N) is 1. The first-order chi connectivity index (χ1) is 15.8. The summed E-state index contributed by atoms with van der Waals surface area (Å²) >= 11 is 0. The number of hydrogen-bond donors (Lipinski definition) is 1. The molecule has 7 heteroatoms. The molecular weight excluding hydrogens is 418 g/mol. The summed E-state index contributed by atoms with van der Waals surface area (Å²) in [5.41, 5.74) is 9.75. The summed E-state index contributed by atoms with van der Waals surface area (Å²) in [6.45, 7) is 6.11. The standard InChI is InChI=1S/C26H29N3O4/c1-5-33-25(31)23-21(16-7-6-12-28-15-16)22-19(13-26(2,3)14-20(22)30)29(24(23)27)17-8-10-18(32-4)11-9-17/h6-12,15,21H,5,13-14,27H2,1-4H3/p+1. The Bertz CT molecular complexity index is 1130. The van der Waals surface area contributed by atoms with Crippen molar-refractivity contribution in [3.63, 3.8) is 0 Å². The quantitative estimate of drug-likeness (QED) is 0.704. The number of nitrogens with zero attached hydrogens (tertiary/aromatic N) is 1. The van der Waals surface area contributed by atoms with Gasteiger partial charge in [-0.1, -0.05) is 13.8 Å². The highest BCUT2D eigenvalue weighted by molar-refractivity contribution is 6.05. The normalized spacial score (nSPS) is 19.9. The zero-order valence-electron chi connectivity index (χ0n) is 19.5. The van der Waals surface area contributed by atoms with Crippen LogP contribution >= 0.6 is 0 Å². The summed E-state index contributed by atoms with van der Waals surface area (Å²) < 4.78 is 10.7. The number of ketones is 1. The van der Waals surface area contributed by atoms with E-state index in [0.29, 0.717) is 24.2 Å². The van der Waals surface area contributed by atoms with Crippen LogP contribution in [0.15, 0.2) is 71.5 Å². The maximum atomic E-state index is 13.6.